The Labute approximate surface area is 361 Å². The summed E-state index contributed by atoms with van der Waals surface area (Å²) < 4.78 is 6.31. The third-order valence-electron chi connectivity index (χ3n) is 15.8. The van der Waals surface area contributed by atoms with Crippen LogP contribution in [0.1, 0.15) is 93.2 Å². The molecule has 3 heteroatoms. The lowest BCUT2D eigenvalue weighted by Gasteiger charge is -2.62. The second kappa shape index (κ2) is 15.3. The second-order valence-electron chi connectivity index (χ2n) is 19.1. The number of furan rings is 1. The van der Waals surface area contributed by atoms with Gasteiger partial charge in [0.1, 0.15) is 11.2 Å². The van der Waals surface area contributed by atoms with Crippen molar-refractivity contribution in [3.05, 3.63) is 187 Å². The number of nitrogens with zero attached hydrogens (tertiary/aromatic N) is 2. The van der Waals surface area contributed by atoms with Gasteiger partial charge in [-0.1, -0.05) is 116 Å². The molecule has 4 bridgehead atoms. The third-order valence-corrected chi connectivity index (χ3v) is 15.8. The molecule has 1 heterocycles. The average Bonchev–Trinajstić information content (AvgIpc) is 3.69. The highest BCUT2D eigenvalue weighted by Gasteiger charge is 2.58. The van der Waals surface area contributed by atoms with E-state index in [1.807, 2.05) is 0 Å². The molecule has 0 saturated heterocycles. The summed E-state index contributed by atoms with van der Waals surface area (Å²) in [6.45, 7) is 0. The van der Waals surface area contributed by atoms with Crippen LogP contribution in [0.15, 0.2) is 174 Å². The van der Waals surface area contributed by atoms with Gasteiger partial charge in [0, 0.05) is 44.6 Å². The number of hydrogen-bond donors (Lipinski definition) is 0. The molecule has 61 heavy (non-hydrogen) atoms. The van der Waals surface area contributed by atoms with Crippen LogP contribution in [0.2, 0.25) is 0 Å². The van der Waals surface area contributed by atoms with Gasteiger partial charge in [0.15, 0.2) is 0 Å². The highest BCUT2D eigenvalue weighted by molar-refractivity contribution is 6.06. The van der Waals surface area contributed by atoms with Gasteiger partial charge in [-0.15, -0.1) is 0 Å². The third kappa shape index (κ3) is 6.38. The van der Waals surface area contributed by atoms with E-state index in [9.17, 15) is 0 Å². The van der Waals surface area contributed by atoms with Crippen molar-refractivity contribution in [3.63, 3.8) is 0 Å². The molecule has 1 aromatic heterocycles. The van der Waals surface area contributed by atoms with E-state index in [0.717, 1.165) is 45.9 Å². The van der Waals surface area contributed by atoms with Crippen molar-refractivity contribution in [1.29, 1.82) is 0 Å². The quantitative estimate of drug-likeness (QED) is 0.145. The average molecular weight is 797 g/mol. The molecule has 6 aliphatic rings. The fourth-order valence-electron chi connectivity index (χ4n) is 13.3. The van der Waals surface area contributed by atoms with Crippen LogP contribution in [-0.2, 0) is 5.41 Å². The Balaban J connectivity index is 0.949. The molecule has 5 fully saturated rings. The minimum absolute atomic E-state index is 0.0105. The molecule has 5 saturated carbocycles. The van der Waals surface area contributed by atoms with Crippen LogP contribution >= 0.6 is 0 Å². The molecule has 3 nitrogen and oxygen atoms in total. The second-order valence-corrected chi connectivity index (χ2v) is 19.1. The summed E-state index contributed by atoms with van der Waals surface area (Å²) >= 11 is 0. The predicted molar refractivity (Wildman–Crippen MR) is 254 cm³/mol. The summed E-state index contributed by atoms with van der Waals surface area (Å²) in [6.07, 6.45) is 23.6. The summed E-state index contributed by atoms with van der Waals surface area (Å²) in [5.74, 6) is 3.78. The SMILES string of the molecule is C1=CCC(N(c2ccccc2)c2ccc(C3(c4ccc(N(c5ccc(C6CCCCC6)cc5)c5ccc6oc7ccccc7c6c5)cc4)C4CC5CC(C4)CC3C5)cc2)C=C1. The van der Waals surface area contributed by atoms with Crippen molar-refractivity contribution in [3.8, 4) is 0 Å². The minimum atomic E-state index is 0.0105. The van der Waals surface area contributed by atoms with E-state index in [0.29, 0.717) is 23.8 Å². The number of allylic oxidation sites excluding steroid dienone is 2. The molecule has 0 spiro atoms. The van der Waals surface area contributed by atoms with Gasteiger partial charge in [-0.2, -0.15) is 0 Å². The summed E-state index contributed by atoms with van der Waals surface area (Å²) in [6, 6.07) is 55.8. The molecule has 0 amide bonds. The maximum absolute atomic E-state index is 6.31. The molecular formula is C58H56N2O. The number of anilines is 5. The topological polar surface area (TPSA) is 19.6 Å². The van der Waals surface area contributed by atoms with E-state index in [4.69, 9.17) is 4.42 Å². The van der Waals surface area contributed by atoms with Crippen LogP contribution < -0.4 is 9.80 Å². The van der Waals surface area contributed by atoms with Gasteiger partial charge in [0.05, 0.1) is 6.04 Å². The summed E-state index contributed by atoms with van der Waals surface area (Å²) in [5.41, 5.74) is 12.4. The highest BCUT2D eigenvalue weighted by atomic mass is 16.3. The Morgan fingerprint density at radius 1 is 0.492 bits per heavy atom. The van der Waals surface area contributed by atoms with Crippen LogP contribution in [0.5, 0.6) is 0 Å². The lowest BCUT2D eigenvalue weighted by atomic mass is 9.42. The van der Waals surface area contributed by atoms with Crippen LogP contribution in [0, 0.1) is 23.7 Å². The molecule has 1 unspecified atom stereocenters. The predicted octanol–water partition coefficient (Wildman–Crippen LogP) is 15.9. The van der Waals surface area contributed by atoms with Crippen LogP contribution in [0.4, 0.5) is 28.4 Å². The Morgan fingerprint density at radius 2 is 1.08 bits per heavy atom. The van der Waals surface area contributed by atoms with Gasteiger partial charge in [-0.05, 0) is 170 Å². The molecule has 0 N–H and O–H groups in total. The molecule has 7 aromatic rings. The molecule has 6 aliphatic carbocycles. The van der Waals surface area contributed by atoms with Crippen molar-refractivity contribution < 1.29 is 4.42 Å². The monoisotopic (exact) mass is 796 g/mol. The van der Waals surface area contributed by atoms with Gasteiger partial charge in [0.25, 0.3) is 0 Å². The number of para-hydroxylation sites is 2. The first-order chi connectivity index (χ1) is 30.2. The highest BCUT2D eigenvalue weighted by Crippen LogP contribution is 2.65. The van der Waals surface area contributed by atoms with Crippen LogP contribution in [0.3, 0.4) is 0 Å². The molecule has 0 radical (unpaired) electrons. The molecule has 0 aliphatic heterocycles. The van der Waals surface area contributed by atoms with Crippen molar-refractivity contribution in [2.24, 2.45) is 23.7 Å². The smallest absolute Gasteiger partial charge is 0.135 e. The standard InChI is InChI=1S/C58H56N2O/c1-4-12-42(13-5-1)43-20-26-50(27-21-43)60(53-32-33-57-55(39-53)54-18-10-11-19-56(54)61-57)52-30-24-45(25-31-52)58(46-35-40-34-41(37-46)38-47(58)36-40)44-22-28-51(29-23-44)59(48-14-6-2-7-15-48)49-16-8-3-9-17-49/h2-3,6-11,14-16,18-33,39-42,46-47,49H,1,4-5,12-13,17,34-38H2. The lowest BCUT2D eigenvalue weighted by molar-refractivity contribution is -0.0418. The van der Waals surface area contributed by atoms with Gasteiger partial charge in [0.2, 0.25) is 0 Å². The van der Waals surface area contributed by atoms with Crippen molar-refractivity contribution in [2.75, 3.05) is 9.80 Å². The van der Waals surface area contributed by atoms with Gasteiger partial charge in [-0.3, -0.25) is 0 Å². The number of hydrogen-bond acceptors (Lipinski definition) is 3. The first-order valence-electron chi connectivity index (χ1n) is 23.4. The normalized spacial score (nSPS) is 25.7. The van der Waals surface area contributed by atoms with Crippen molar-refractivity contribution in [1.82, 2.24) is 0 Å². The number of rotatable bonds is 9. The summed E-state index contributed by atoms with van der Waals surface area (Å²) in [7, 11) is 0. The van der Waals surface area contributed by atoms with E-state index in [2.05, 4.69) is 180 Å². The zero-order valence-corrected chi connectivity index (χ0v) is 35.2. The number of fused-ring (bicyclic) bond motifs is 3. The van der Waals surface area contributed by atoms with E-state index >= 15 is 0 Å². The molecule has 6 aromatic carbocycles. The van der Waals surface area contributed by atoms with Crippen LogP contribution in [0.25, 0.3) is 21.9 Å². The van der Waals surface area contributed by atoms with Crippen molar-refractivity contribution in [2.45, 2.75) is 88.0 Å². The van der Waals surface area contributed by atoms with Gasteiger partial charge >= 0.3 is 0 Å². The summed E-state index contributed by atoms with van der Waals surface area (Å²) in [4.78, 5) is 5.00. The Morgan fingerprint density at radius 3 is 1.75 bits per heavy atom. The van der Waals surface area contributed by atoms with Gasteiger partial charge in [-0.25, -0.2) is 0 Å². The first-order valence-corrected chi connectivity index (χ1v) is 23.4. The fourth-order valence-corrected chi connectivity index (χ4v) is 13.3. The number of benzene rings is 6. The minimum Gasteiger partial charge on any atom is -0.456 e. The maximum Gasteiger partial charge on any atom is 0.135 e. The fraction of sp³-hybridized carbons (Fsp3) is 0.310. The Hall–Kier alpha value is -5.80. The first kappa shape index (κ1) is 37.0. The molecule has 13 rings (SSSR count). The lowest BCUT2D eigenvalue weighted by Crippen LogP contribution is -2.56. The zero-order chi connectivity index (χ0) is 40.3. The molecule has 304 valence electrons. The van der Waals surface area contributed by atoms with Crippen molar-refractivity contribution >= 4 is 50.4 Å². The Kier molecular flexibility index (Phi) is 9.27. The molecular weight excluding hydrogens is 741 g/mol. The van der Waals surface area contributed by atoms with Gasteiger partial charge < -0.3 is 14.2 Å². The van der Waals surface area contributed by atoms with E-state index in [-0.39, 0.29) is 5.41 Å². The largest absolute Gasteiger partial charge is 0.456 e. The molecule has 1 atom stereocenters. The zero-order valence-electron chi connectivity index (χ0n) is 35.2. The maximum atomic E-state index is 6.31. The Bertz CT molecular complexity index is 2690. The van der Waals surface area contributed by atoms with Crippen LogP contribution in [-0.4, -0.2) is 6.04 Å². The van der Waals surface area contributed by atoms with E-state index < -0.39 is 0 Å². The van der Waals surface area contributed by atoms with E-state index in [1.165, 1.54) is 104 Å². The summed E-state index contributed by atoms with van der Waals surface area (Å²) in [5, 5.41) is 2.32. The van der Waals surface area contributed by atoms with E-state index in [1.54, 1.807) is 0 Å².